The molecule has 0 saturated carbocycles. The Kier molecular flexibility index (Phi) is 3.58. The van der Waals surface area contributed by atoms with E-state index >= 15 is 0 Å². The van der Waals surface area contributed by atoms with Gasteiger partial charge in [0.15, 0.2) is 0 Å². The first-order chi connectivity index (χ1) is 8.16. The van der Waals surface area contributed by atoms with Crippen LogP contribution in [-0.2, 0) is 16.6 Å². The van der Waals surface area contributed by atoms with Crippen molar-refractivity contribution in [1.82, 2.24) is 14.7 Å². The lowest BCUT2D eigenvalue weighted by Crippen LogP contribution is -2.43. The zero-order valence-corrected chi connectivity index (χ0v) is 10.2. The third-order valence-electron chi connectivity index (χ3n) is 2.81. The van der Waals surface area contributed by atoms with Crippen molar-refractivity contribution in [2.24, 2.45) is 7.05 Å². The minimum Gasteiger partial charge on any atom is -0.375 e. The van der Waals surface area contributed by atoms with Gasteiger partial charge in [0.05, 0.1) is 18.4 Å². The topological polar surface area (TPSA) is 47.4 Å². The standard InChI is InChI=1S/C12H17N3O2/c1-10-9-15(7-8-17-10)12(16)4-3-11-5-6-13-14(11)2/h3-6,10H,7-9H2,1-2H3. The van der Waals surface area contributed by atoms with E-state index in [0.29, 0.717) is 19.7 Å². The van der Waals surface area contributed by atoms with Crippen LogP contribution in [0.3, 0.4) is 0 Å². The highest BCUT2D eigenvalue weighted by Gasteiger charge is 2.19. The maximum Gasteiger partial charge on any atom is 0.246 e. The quantitative estimate of drug-likeness (QED) is 0.708. The van der Waals surface area contributed by atoms with Crippen molar-refractivity contribution in [2.45, 2.75) is 13.0 Å². The van der Waals surface area contributed by atoms with Crippen molar-refractivity contribution in [2.75, 3.05) is 19.7 Å². The zero-order chi connectivity index (χ0) is 12.3. The molecule has 0 N–H and O–H groups in total. The molecule has 2 rings (SSSR count). The first kappa shape index (κ1) is 11.9. The average Bonchev–Trinajstić information content (AvgIpc) is 2.72. The molecular weight excluding hydrogens is 218 g/mol. The SMILES string of the molecule is CC1CN(C(=O)C=Cc2ccnn2C)CCO1. The summed E-state index contributed by atoms with van der Waals surface area (Å²) in [5.41, 5.74) is 0.916. The van der Waals surface area contributed by atoms with E-state index in [1.807, 2.05) is 20.0 Å². The van der Waals surface area contributed by atoms with E-state index in [0.717, 1.165) is 5.69 Å². The Morgan fingerprint density at radius 1 is 1.65 bits per heavy atom. The van der Waals surface area contributed by atoms with Gasteiger partial charge in [-0.2, -0.15) is 5.10 Å². The van der Waals surface area contributed by atoms with Crippen molar-refractivity contribution < 1.29 is 9.53 Å². The van der Waals surface area contributed by atoms with Gasteiger partial charge >= 0.3 is 0 Å². The van der Waals surface area contributed by atoms with Crippen molar-refractivity contribution in [1.29, 1.82) is 0 Å². The van der Waals surface area contributed by atoms with Crippen LogP contribution in [0.5, 0.6) is 0 Å². The van der Waals surface area contributed by atoms with Gasteiger partial charge in [0.2, 0.25) is 5.91 Å². The van der Waals surface area contributed by atoms with Gasteiger partial charge in [-0.1, -0.05) is 0 Å². The number of ether oxygens (including phenoxy) is 1. The van der Waals surface area contributed by atoms with Crippen LogP contribution in [0.1, 0.15) is 12.6 Å². The summed E-state index contributed by atoms with van der Waals surface area (Å²) in [6.07, 6.45) is 5.21. The third-order valence-corrected chi connectivity index (χ3v) is 2.81. The Balaban J connectivity index is 1.97. The molecule has 1 aromatic rings. The van der Waals surface area contributed by atoms with Crippen LogP contribution < -0.4 is 0 Å². The maximum atomic E-state index is 11.9. The van der Waals surface area contributed by atoms with E-state index in [9.17, 15) is 4.79 Å². The van der Waals surface area contributed by atoms with Crippen molar-refractivity contribution >= 4 is 12.0 Å². The molecule has 5 nitrogen and oxygen atoms in total. The number of hydrogen-bond acceptors (Lipinski definition) is 3. The van der Waals surface area contributed by atoms with Gasteiger partial charge in [-0.05, 0) is 19.1 Å². The summed E-state index contributed by atoms with van der Waals surface area (Å²) in [7, 11) is 1.85. The number of nitrogens with zero attached hydrogens (tertiary/aromatic N) is 3. The lowest BCUT2D eigenvalue weighted by atomic mass is 10.3. The lowest BCUT2D eigenvalue weighted by molar-refractivity contribution is -0.132. The normalized spacial score (nSPS) is 21.1. The smallest absolute Gasteiger partial charge is 0.246 e. The number of aryl methyl sites for hydroxylation is 1. The summed E-state index contributed by atoms with van der Waals surface area (Å²) < 4.78 is 7.12. The molecule has 2 heterocycles. The number of amides is 1. The van der Waals surface area contributed by atoms with Crippen molar-refractivity contribution in [3.8, 4) is 0 Å². The Morgan fingerprint density at radius 3 is 3.12 bits per heavy atom. The molecule has 1 amide bonds. The second-order valence-electron chi connectivity index (χ2n) is 4.18. The molecule has 0 bridgehead atoms. The van der Waals surface area contributed by atoms with Gasteiger partial charge in [-0.3, -0.25) is 9.48 Å². The van der Waals surface area contributed by atoms with Crippen LogP contribution in [0, 0.1) is 0 Å². The Morgan fingerprint density at radius 2 is 2.47 bits per heavy atom. The molecule has 1 aromatic heterocycles. The van der Waals surface area contributed by atoms with Crippen LogP contribution in [0.15, 0.2) is 18.3 Å². The number of carbonyl (C=O) groups is 1. The molecule has 17 heavy (non-hydrogen) atoms. The molecule has 1 unspecified atom stereocenters. The van der Waals surface area contributed by atoms with E-state index < -0.39 is 0 Å². The van der Waals surface area contributed by atoms with Gasteiger partial charge in [-0.15, -0.1) is 0 Å². The van der Waals surface area contributed by atoms with Gasteiger partial charge in [0.1, 0.15) is 0 Å². The van der Waals surface area contributed by atoms with Crippen molar-refractivity contribution in [3.63, 3.8) is 0 Å². The monoisotopic (exact) mass is 235 g/mol. The second kappa shape index (κ2) is 5.14. The molecule has 1 saturated heterocycles. The largest absolute Gasteiger partial charge is 0.375 e. The number of morpholine rings is 1. The highest BCUT2D eigenvalue weighted by molar-refractivity contribution is 5.91. The van der Waals surface area contributed by atoms with Gasteiger partial charge in [0.25, 0.3) is 0 Å². The highest BCUT2D eigenvalue weighted by atomic mass is 16.5. The molecule has 0 radical (unpaired) electrons. The summed E-state index contributed by atoms with van der Waals surface area (Å²) in [6.45, 7) is 3.92. The minimum atomic E-state index is 0.0290. The molecule has 5 heteroatoms. The number of hydrogen-bond donors (Lipinski definition) is 0. The molecular formula is C12H17N3O2. The first-order valence-corrected chi connectivity index (χ1v) is 5.73. The molecule has 92 valence electrons. The molecule has 1 fully saturated rings. The van der Waals surface area contributed by atoms with E-state index in [1.165, 1.54) is 0 Å². The summed E-state index contributed by atoms with van der Waals surface area (Å²) in [5.74, 6) is 0.0290. The van der Waals surface area contributed by atoms with Gasteiger partial charge in [0, 0.05) is 32.4 Å². The van der Waals surface area contributed by atoms with Crippen LogP contribution in [0.4, 0.5) is 0 Å². The summed E-state index contributed by atoms with van der Waals surface area (Å²) in [6, 6.07) is 1.87. The summed E-state index contributed by atoms with van der Waals surface area (Å²) in [4.78, 5) is 13.7. The van der Waals surface area contributed by atoms with E-state index in [1.54, 1.807) is 27.9 Å². The molecule has 0 spiro atoms. The number of aromatic nitrogens is 2. The highest BCUT2D eigenvalue weighted by Crippen LogP contribution is 2.06. The minimum absolute atomic E-state index is 0.0290. The van der Waals surface area contributed by atoms with E-state index in [-0.39, 0.29) is 12.0 Å². The van der Waals surface area contributed by atoms with E-state index in [4.69, 9.17) is 4.74 Å². The molecule has 0 aliphatic carbocycles. The molecule has 1 atom stereocenters. The predicted octanol–water partition coefficient (Wildman–Crippen LogP) is 0.681. The summed E-state index contributed by atoms with van der Waals surface area (Å²) in [5, 5.41) is 4.04. The molecule has 1 aliphatic rings. The fraction of sp³-hybridized carbons (Fsp3) is 0.500. The van der Waals surface area contributed by atoms with Gasteiger partial charge in [-0.25, -0.2) is 0 Å². The second-order valence-corrected chi connectivity index (χ2v) is 4.18. The Bertz CT molecular complexity index is 425. The molecule has 1 aliphatic heterocycles. The average molecular weight is 235 g/mol. The van der Waals surface area contributed by atoms with Crippen LogP contribution >= 0.6 is 0 Å². The fourth-order valence-corrected chi connectivity index (χ4v) is 1.83. The Labute approximate surface area is 101 Å². The first-order valence-electron chi connectivity index (χ1n) is 5.73. The van der Waals surface area contributed by atoms with E-state index in [2.05, 4.69) is 5.10 Å². The predicted molar refractivity (Wildman–Crippen MR) is 64.2 cm³/mol. The van der Waals surface area contributed by atoms with Crippen LogP contribution in [-0.4, -0.2) is 46.4 Å². The summed E-state index contributed by atoms with van der Waals surface area (Å²) >= 11 is 0. The number of carbonyl (C=O) groups excluding carboxylic acids is 1. The lowest BCUT2D eigenvalue weighted by Gasteiger charge is -2.30. The third kappa shape index (κ3) is 2.94. The Hall–Kier alpha value is -1.62. The number of rotatable bonds is 2. The fourth-order valence-electron chi connectivity index (χ4n) is 1.83. The van der Waals surface area contributed by atoms with Crippen molar-refractivity contribution in [3.05, 3.63) is 24.0 Å². The van der Waals surface area contributed by atoms with Crippen LogP contribution in [0.25, 0.3) is 6.08 Å². The zero-order valence-electron chi connectivity index (χ0n) is 10.2. The van der Waals surface area contributed by atoms with Gasteiger partial charge < -0.3 is 9.64 Å². The van der Waals surface area contributed by atoms with Crippen LogP contribution in [0.2, 0.25) is 0 Å². The maximum absolute atomic E-state index is 11.9. The molecule has 0 aromatic carbocycles.